The van der Waals surface area contributed by atoms with E-state index in [9.17, 15) is 9.18 Å². The van der Waals surface area contributed by atoms with Crippen LogP contribution in [0, 0.1) is 12.7 Å². The van der Waals surface area contributed by atoms with Crippen molar-refractivity contribution in [2.75, 3.05) is 13.1 Å². The number of aryl methyl sites for hydroxylation is 1. The van der Waals surface area contributed by atoms with Crippen LogP contribution in [0.15, 0.2) is 18.2 Å². The lowest BCUT2D eigenvalue weighted by Gasteiger charge is -2.35. The summed E-state index contributed by atoms with van der Waals surface area (Å²) in [6.07, 6.45) is 1.87. The van der Waals surface area contributed by atoms with E-state index < -0.39 is 0 Å². The summed E-state index contributed by atoms with van der Waals surface area (Å²) in [4.78, 5) is 14.2. The summed E-state index contributed by atoms with van der Waals surface area (Å²) < 4.78 is 13.2. The van der Waals surface area contributed by atoms with Crippen LogP contribution < -0.4 is 11.1 Å². The Bertz CT molecular complexity index is 506. The minimum Gasteiger partial charge on any atom is -0.351 e. The monoisotopic (exact) mass is 293 g/mol. The number of nitrogens with one attached hydrogen (secondary N) is 1. The van der Waals surface area contributed by atoms with Crippen LogP contribution in [0.3, 0.4) is 0 Å². The number of halogens is 1. The molecule has 4 nitrogen and oxygen atoms in total. The topological polar surface area (TPSA) is 58.4 Å². The first-order chi connectivity index (χ1) is 9.95. The molecule has 3 N–H and O–H groups in total. The Hall–Kier alpha value is -1.46. The molecule has 2 rings (SSSR count). The van der Waals surface area contributed by atoms with Gasteiger partial charge >= 0.3 is 0 Å². The van der Waals surface area contributed by atoms with Crippen LogP contribution in [0.4, 0.5) is 4.39 Å². The quantitative estimate of drug-likeness (QED) is 0.886. The molecule has 116 valence electrons. The molecule has 1 amide bonds. The highest BCUT2D eigenvalue weighted by atomic mass is 19.1. The Labute approximate surface area is 125 Å². The number of carbonyl (C=O) groups excluding carboxylic acids is 1. The normalized spacial score (nSPS) is 23.0. The summed E-state index contributed by atoms with van der Waals surface area (Å²) in [5.41, 5.74) is 7.43. The summed E-state index contributed by atoms with van der Waals surface area (Å²) in [5.74, 6) is -0.220. The highest BCUT2D eigenvalue weighted by Gasteiger charge is 2.24. The van der Waals surface area contributed by atoms with Crippen LogP contribution in [0.5, 0.6) is 0 Å². The minimum atomic E-state index is -0.219. The van der Waals surface area contributed by atoms with Crippen molar-refractivity contribution in [1.29, 1.82) is 0 Å². The Morgan fingerprint density at radius 3 is 2.95 bits per heavy atom. The Morgan fingerprint density at radius 2 is 2.29 bits per heavy atom. The van der Waals surface area contributed by atoms with Gasteiger partial charge in [0.25, 0.3) is 0 Å². The lowest BCUT2D eigenvalue weighted by Crippen LogP contribution is -2.49. The van der Waals surface area contributed by atoms with E-state index in [0.717, 1.165) is 24.9 Å². The van der Waals surface area contributed by atoms with Gasteiger partial charge in [-0.3, -0.25) is 9.69 Å². The SMILES string of the molecule is Cc1cc(CNC(=O)CN2CCC(N)CC2C)ccc1F. The molecule has 21 heavy (non-hydrogen) atoms. The van der Waals surface area contributed by atoms with E-state index in [4.69, 9.17) is 5.73 Å². The molecule has 0 aliphatic carbocycles. The lowest BCUT2D eigenvalue weighted by atomic mass is 9.99. The van der Waals surface area contributed by atoms with Crippen LogP contribution in [-0.4, -0.2) is 36.0 Å². The van der Waals surface area contributed by atoms with E-state index in [0.29, 0.717) is 24.7 Å². The van der Waals surface area contributed by atoms with E-state index in [2.05, 4.69) is 17.1 Å². The Morgan fingerprint density at radius 1 is 1.52 bits per heavy atom. The van der Waals surface area contributed by atoms with Crippen LogP contribution in [0.1, 0.15) is 30.9 Å². The van der Waals surface area contributed by atoms with E-state index >= 15 is 0 Å². The van der Waals surface area contributed by atoms with Gasteiger partial charge in [0.15, 0.2) is 0 Å². The predicted octanol–water partition coefficient (Wildman–Crippen LogP) is 1.56. The third kappa shape index (κ3) is 4.51. The summed E-state index contributed by atoms with van der Waals surface area (Å²) in [7, 11) is 0. The molecule has 0 aromatic heterocycles. The first-order valence-electron chi connectivity index (χ1n) is 7.47. The van der Waals surface area contributed by atoms with Crippen molar-refractivity contribution in [3.63, 3.8) is 0 Å². The number of hydrogen-bond acceptors (Lipinski definition) is 3. The second kappa shape index (κ2) is 7.00. The average Bonchev–Trinajstić information content (AvgIpc) is 2.43. The maximum Gasteiger partial charge on any atom is 0.234 e. The van der Waals surface area contributed by atoms with Gasteiger partial charge < -0.3 is 11.1 Å². The zero-order chi connectivity index (χ0) is 15.4. The fourth-order valence-electron chi connectivity index (χ4n) is 2.75. The van der Waals surface area contributed by atoms with Crippen LogP contribution in [-0.2, 0) is 11.3 Å². The van der Waals surface area contributed by atoms with Crippen molar-refractivity contribution in [1.82, 2.24) is 10.2 Å². The van der Waals surface area contributed by atoms with E-state index in [1.54, 1.807) is 19.1 Å². The molecule has 0 saturated carbocycles. The van der Waals surface area contributed by atoms with Crippen molar-refractivity contribution >= 4 is 5.91 Å². The minimum absolute atomic E-state index is 0.000649. The smallest absolute Gasteiger partial charge is 0.234 e. The standard InChI is InChI=1S/C16H24FN3O/c1-11-7-13(3-4-15(11)17)9-19-16(21)10-20-6-5-14(18)8-12(20)2/h3-4,7,12,14H,5-6,8-10,18H2,1-2H3,(H,19,21). The molecule has 1 heterocycles. The first kappa shape index (κ1) is 15.9. The van der Waals surface area contributed by atoms with Crippen molar-refractivity contribution in [3.05, 3.63) is 35.1 Å². The molecule has 1 aromatic carbocycles. The summed E-state index contributed by atoms with van der Waals surface area (Å²) in [6.45, 7) is 5.52. The van der Waals surface area contributed by atoms with E-state index in [1.165, 1.54) is 6.07 Å². The number of piperidine rings is 1. The fourth-order valence-corrected chi connectivity index (χ4v) is 2.75. The number of carbonyl (C=O) groups is 1. The molecule has 0 spiro atoms. The van der Waals surface area contributed by atoms with Gasteiger partial charge in [-0.25, -0.2) is 4.39 Å². The number of nitrogens with two attached hydrogens (primary N) is 1. The van der Waals surface area contributed by atoms with Gasteiger partial charge in [-0.15, -0.1) is 0 Å². The fraction of sp³-hybridized carbons (Fsp3) is 0.562. The largest absolute Gasteiger partial charge is 0.351 e. The summed E-state index contributed by atoms with van der Waals surface area (Å²) in [5, 5.41) is 2.89. The molecule has 0 radical (unpaired) electrons. The van der Waals surface area contributed by atoms with Gasteiger partial charge in [0.2, 0.25) is 5.91 Å². The van der Waals surface area contributed by atoms with Gasteiger partial charge in [0.1, 0.15) is 5.82 Å². The highest BCUT2D eigenvalue weighted by molar-refractivity contribution is 5.78. The number of hydrogen-bond donors (Lipinski definition) is 2. The van der Waals surface area contributed by atoms with Crippen molar-refractivity contribution in [2.45, 2.75) is 45.3 Å². The van der Waals surface area contributed by atoms with Crippen LogP contribution in [0.25, 0.3) is 0 Å². The summed E-state index contributed by atoms with van der Waals surface area (Å²) in [6, 6.07) is 5.49. The molecule has 1 aliphatic heterocycles. The predicted molar refractivity (Wildman–Crippen MR) is 81.2 cm³/mol. The molecule has 1 fully saturated rings. The van der Waals surface area contributed by atoms with E-state index in [-0.39, 0.29) is 17.8 Å². The molecule has 1 aliphatic rings. The van der Waals surface area contributed by atoms with Gasteiger partial charge in [-0.1, -0.05) is 12.1 Å². The zero-order valence-electron chi connectivity index (χ0n) is 12.7. The lowest BCUT2D eigenvalue weighted by molar-refractivity contribution is -0.123. The molecule has 2 unspecified atom stereocenters. The van der Waals surface area contributed by atoms with Crippen LogP contribution in [0.2, 0.25) is 0 Å². The van der Waals surface area contributed by atoms with E-state index in [1.807, 2.05) is 0 Å². The average molecular weight is 293 g/mol. The third-order valence-corrected chi connectivity index (χ3v) is 4.11. The van der Waals surface area contributed by atoms with Crippen molar-refractivity contribution in [2.24, 2.45) is 5.73 Å². The first-order valence-corrected chi connectivity index (χ1v) is 7.47. The summed E-state index contributed by atoms with van der Waals surface area (Å²) >= 11 is 0. The maximum absolute atomic E-state index is 13.2. The highest BCUT2D eigenvalue weighted by Crippen LogP contribution is 2.15. The van der Waals surface area contributed by atoms with Crippen molar-refractivity contribution < 1.29 is 9.18 Å². The number of rotatable bonds is 4. The number of nitrogens with zero attached hydrogens (tertiary/aromatic N) is 1. The number of benzene rings is 1. The third-order valence-electron chi connectivity index (χ3n) is 4.11. The van der Waals surface area contributed by atoms with Gasteiger partial charge in [0.05, 0.1) is 6.54 Å². The molecule has 5 heteroatoms. The van der Waals surface area contributed by atoms with Gasteiger partial charge in [-0.2, -0.15) is 0 Å². The Kier molecular flexibility index (Phi) is 5.31. The number of likely N-dealkylation sites (tertiary alicyclic amines) is 1. The molecule has 1 saturated heterocycles. The van der Waals surface area contributed by atoms with Gasteiger partial charge in [0, 0.05) is 25.2 Å². The van der Waals surface area contributed by atoms with Crippen molar-refractivity contribution in [3.8, 4) is 0 Å². The maximum atomic E-state index is 13.2. The zero-order valence-corrected chi connectivity index (χ0v) is 12.7. The second-order valence-corrected chi connectivity index (χ2v) is 5.96. The molecule has 0 bridgehead atoms. The second-order valence-electron chi connectivity index (χ2n) is 5.96. The van der Waals surface area contributed by atoms with Gasteiger partial charge in [-0.05, 0) is 43.9 Å². The number of amides is 1. The molecular weight excluding hydrogens is 269 g/mol. The Balaban J connectivity index is 1.80. The molecular formula is C16H24FN3O. The van der Waals surface area contributed by atoms with Crippen LogP contribution >= 0.6 is 0 Å². The molecule has 1 aromatic rings. The molecule has 2 atom stereocenters.